The van der Waals surface area contributed by atoms with Crippen molar-refractivity contribution in [1.82, 2.24) is 5.32 Å². The summed E-state index contributed by atoms with van der Waals surface area (Å²) >= 11 is 3.23. The Kier molecular flexibility index (Phi) is 10.7. The van der Waals surface area contributed by atoms with Gasteiger partial charge in [0.25, 0.3) is 5.91 Å². The maximum atomic E-state index is 13.8. The van der Waals surface area contributed by atoms with E-state index in [-0.39, 0.29) is 18.4 Å². The first-order chi connectivity index (χ1) is 17.3. The fraction of sp³-hybridized carbons (Fsp3) is 0.333. The number of carboxylic acids is 1. The predicted octanol–water partition coefficient (Wildman–Crippen LogP) is 4.01. The molecule has 0 aliphatic heterocycles. The average Bonchev–Trinajstić information content (AvgIpc) is 2.82. The van der Waals surface area contributed by atoms with E-state index in [1.54, 1.807) is 32.0 Å². The maximum Gasteiger partial charge on any atom is 0.305 e. The fourth-order valence-corrected chi connectivity index (χ4v) is 3.62. The molecule has 2 rings (SSSR count). The number of benzene rings is 2. The van der Waals surface area contributed by atoms with Gasteiger partial charge in [0, 0.05) is 10.5 Å². The number of rotatable bonds is 13. The van der Waals surface area contributed by atoms with Crippen LogP contribution in [0.15, 0.2) is 34.8 Å². The third-order valence-electron chi connectivity index (χ3n) is 4.97. The molecule has 0 saturated carbocycles. The van der Waals surface area contributed by atoms with Gasteiger partial charge in [0.05, 0.1) is 24.2 Å². The number of halogens is 5. The number of nitrogens with one attached hydrogen (secondary N) is 2. The van der Waals surface area contributed by atoms with Gasteiger partial charge in [-0.2, -0.15) is 8.78 Å². The predicted molar refractivity (Wildman–Crippen MR) is 127 cm³/mol. The Labute approximate surface area is 217 Å². The highest BCUT2D eigenvalue weighted by Gasteiger charge is 2.33. The van der Waals surface area contributed by atoms with Crippen molar-refractivity contribution in [1.29, 1.82) is 0 Å². The van der Waals surface area contributed by atoms with Crippen molar-refractivity contribution in [2.24, 2.45) is 5.92 Å². The molecule has 0 radical (unpaired) electrons. The van der Waals surface area contributed by atoms with Crippen LogP contribution in [-0.4, -0.2) is 47.2 Å². The Hall–Kier alpha value is -3.32. The molecule has 2 aromatic rings. The molecule has 0 fully saturated rings. The maximum absolute atomic E-state index is 13.8. The standard InChI is InChI=1S/C24H23BrF4N2O6/c1-11(2)7-17(22(35)24(36)31-15-6-4-3-5-12(15)25)30-16(9-19(33)34)18(32)10-37-23-20(28)13(26)8-14(27)21(23)29/h3-6,8,11,16-17,30H,7,9-10H2,1-2H3,(H,31,36)(H,33,34). The van der Waals surface area contributed by atoms with Crippen LogP contribution in [0.25, 0.3) is 0 Å². The van der Waals surface area contributed by atoms with E-state index in [2.05, 4.69) is 31.3 Å². The highest BCUT2D eigenvalue weighted by molar-refractivity contribution is 9.10. The number of anilines is 1. The average molecular weight is 591 g/mol. The summed E-state index contributed by atoms with van der Waals surface area (Å²) in [6.45, 7) is 2.25. The van der Waals surface area contributed by atoms with Crippen molar-refractivity contribution in [2.75, 3.05) is 11.9 Å². The Morgan fingerprint density at radius 2 is 1.59 bits per heavy atom. The second kappa shape index (κ2) is 13.3. The Morgan fingerprint density at radius 3 is 2.14 bits per heavy atom. The molecule has 0 saturated heterocycles. The topological polar surface area (TPSA) is 122 Å². The third-order valence-corrected chi connectivity index (χ3v) is 5.66. The lowest BCUT2D eigenvalue weighted by Gasteiger charge is -2.24. The van der Waals surface area contributed by atoms with Gasteiger partial charge >= 0.3 is 5.97 Å². The molecule has 0 aliphatic carbocycles. The summed E-state index contributed by atoms with van der Waals surface area (Å²) in [7, 11) is 0. The number of ketones is 2. The van der Waals surface area contributed by atoms with Gasteiger partial charge in [-0.25, -0.2) is 8.78 Å². The molecule has 2 unspecified atom stereocenters. The van der Waals surface area contributed by atoms with E-state index >= 15 is 0 Å². The number of Topliss-reactive ketones (excluding diaryl/α,β-unsaturated/α-hetero) is 2. The summed E-state index contributed by atoms with van der Waals surface area (Å²) in [6.07, 6.45) is -0.872. The molecule has 13 heteroatoms. The summed E-state index contributed by atoms with van der Waals surface area (Å²) in [5.74, 6) is -13.6. The molecule has 0 spiro atoms. The van der Waals surface area contributed by atoms with Gasteiger partial charge in [-0.1, -0.05) is 26.0 Å². The highest BCUT2D eigenvalue weighted by atomic mass is 79.9. The first-order valence-electron chi connectivity index (χ1n) is 10.9. The van der Waals surface area contributed by atoms with Crippen LogP contribution in [0.4, 0.5) is 23.2 Å². The molecule has 0 bridgehead atoms. The lowest BCUT2D eigenvalue weighted by atomic mass is 9.97. The van der Waals surface area contributed by atoms with Crippen molar-refractivity contribution in [3.8, 4) is 5.75 Å². The number of hydrogen-bond donors (Lipinski definition) is 3. The summed E-state index contributed by atoms with van der Waals surface area (Å²) in [6, 6.07) is 3.44. The lowest BCUT2D eigenvalue weighted by molar-refractivity contribution is -0.141. The molecule has 3 N–H and O–H groups in total. The number of hydrogen-bond acceptors (Lipinski definition) is 6. The van der Waals surface area contributed by atoms with Gasteiger partial charge in [-0.15, -0.1) is 0 Å². The zero-order valence-corrected chi connectivity index (χ0v) is 21.2. The minimum absolute atomic E-state index is 0.0187. The van der Waals surface area contributed by atoms with E-state index in [9.17, 15) is 41.8 Å². The van der Waals surface area contributed by atoms with E-state index in [0.717, 1.165) is 0 Å². The van der Waals surface area contributed by atoms with Crippen molar-refractivity contribution >= 4 is 45.1 Å². The molecule has 0 aromatic heterocycles. The number of carbonyl (C=O) groups is 4. The lowest BCUT2D eigenvalue weighted by Crippen LogP contribution is -2.52. The largest absolute Gasteiger partial charge is 0.481 e. The number of aliphatic carboxylic acids is 1. The number of carboxylic acid groups (broad SMARTS) is 1. The van der Waals surface area contributed by atoms with Crippen LogP contribution in [0.1, 0.15) is 26.7 Å². The van der Waals surface area contributed by atoms with Crippen molar-refractivity contribution < 1.29 is 46.6 Å². The second-order valence-electron chi connectivity index (χ2n) is 8.35. The Bertz CT molecular complexity index is 1170. The molecule has 1 amide bonds. The van der Waals surface area contributed by atoms with Gasteiger partial charge in [-0.3, -0.25) is 24.5 Å². The number of amides is 1. The SMILES string of the molecule is CC(C)CC(NC(CC(=O)O)C(=O)COc1c(F)c(F)cc(F)c1F)C(=O)C(=O)Nc1ccccc1Br. The van der Waals surface area contributed by atoms with Gasteiger partial charge in [0.15, 0.2) is 23.2 Å². The fourth-order valence-electron chi connectivity index (χ4n) is 3.23. The first-order valence-corrected chi connectivity index (χ1v) is 11.7. The van der Waals surface area contributed by atoms with Crippen LogP contribution in [0.3, 0.4) is 0 Å². The molecule has 2 atom stereocenters. The van der Waals surface area contributed by atoms with Crippen LogP contribution in [0.2, 0.25) is 0 Å². The minimum Gasteiger partial charge on any atom is -0.481 e. The van der Waals surface area contributed by atoms with Crippen LogP contribution in [0.5, 0.6) is 5.75 Å². The molecule has 0 heterocycles. The van der Waals surface area contributed by atoms with Gasteiger partial charge in [0.2, 0.25) is 17.4 Å². The zero-order valence-electron chi connectivity index (χ0n) is 19.6. The Morgan fingerprint density at radius 1 is 1.00 bits per heavy atom. The molecular formula is C24H23BrF4N2O6. The van der Waals surface area contributed by atoms with Crippen molar-refractivity contribution in [2.45, 2.75) is 38.8 Å². The van der Waals surface area contributed by atoms with E-state index in [1.807, 2.05) is 0 Å². The monoisotopic (exact) mass is 590 g/mol. The molecule has 2 aromatic carbocycles. The highest BCUT2D eigenvalue weighted by Crippen LogP contribution is 2.26. The number of para-hydroxylation sites is 1. The summed E-state index contributed by atoms with van der Waals surface area (Å²) in [4.78, 5) is 49.6. The van der Waals surface area contributed by atoms with Gasteiger partial charge in [0.1, 0.15) is 6.61 Å². The minimum atomic E-state index is -1.88. The van der Waals surface area contributed by atoms with E-state index in [1.165, 1.54) is 6.07 Å². The number of carbonyl (C=O) groups excluding carboxylic acids is 3. The Balaban J connectivity index is 2.23. The molecule has 8 nitrogen and oxygen atoms in total. The van der Waals surface area contributed by atoms with E-state index in [0.29, 0.717) is 10.2 Å². The summed E-state index contributed by atoms with van der Waals surface area (Å²) in [5, 5.41) is 14.2. The normalized spacial score (nSPS) is 12.6. The third kappa shape index (κ3) is 8.35. The van der Waals surface area contributed by atoms with E-state index < -0.39 is 77.6 Å². The molecular weight excluding hydrogens is 568 g/mol. The zero-order chi connectivity index (χ0) is 27.9. The van der Waals surface area contributed by atoms with E-state index in [4.69, 9.17) is 0 Å². The summed E-state index contributed by atoms with van der Waals surface area (Å²) in [5.41, 5.74) is 0.294. The molecule has 200 valence electrons. The van der Waals surface area contributed by atoms with Crippen molar-refractivity contribution in [3.63, 3.8) is 0 Å². The van der Waals surface area contributed by atoms with Crippen LogP contribution in [-0.2, 0) is 19.2 Å². The van der Waals surface area contributed by atoms with Crippen LogP contribution in [0, 0.1) is 29.2 Å². The molecule has 0 aliphatic rings. The quantitative estimate of drug-likeness (QED) is 0.183. The van der Waals surface area contributed by atoms with Crippen LogP contribution >= 0.6 is 15.9 Å². The van der Waals surface area contributed by atoms with Crippen molar-refractivity contribution in [3.05, 3.63) is 58.1 Å². The van der Waals surface area contributed by atoms with Gasteiger partial charge < -0.3 is 15.2 Å². The summed E-state index contributed by atoms with van der Waals surface area (Å²) < 4.78 is 59.6. The number of ether oxygens (including phenoxy) is 1. The smallest absolute Gasteiger partial charge is 0.305 e. The molecule has 37 heavy (non-hydrogen) atoms. The first kappa shape index (κ1) is 29.9. The van der Waals surface area contributed by atoms with Gasteiger partial charge in [-0.05, 0) is 40.4 Å². The van der Waals surface area contributed by atoms with Crippen LogP contribution < -0.4 is 15.4 Å². The second-order valence-corrected chi connectivity index (χ2v) is 9.20.